The summed E-state index contributed by atoms with van der Waals surface area (Å²) in [6, 6.07) is 0. The molecule has 1 aliphatic carbocycles. The Labute approximate surface area is 73.5 Å². The first-order chi connectivity index (χ1) is 3.93. The standard InChI is InChI=1S/C5H5.CH.2Sb/c1-2-4-5-3-1;;;/h1-3H,4H2;1H;;. The Bertz CT molecular complexity index is 145. The SMILES string of the molecule is [Sb]=[CH][Sb][C]1=CC=CC1. The average molecular weight is 322 g/mol. The molecule has 0 fully saturated rings. The van der Waals surface area contributed by atoms with E-state index >= 15 is 0 Å². The molecule has 0 amide bonds. The van der Waals surface area contributed by atoms with Gasteiger partial charge in [-0.05, 0) is 0 Å². The van der Waals surface area contributed by atoms with Crippen LogP contribution in [-0.2, 0) is 0 Å². The Kier molecular flexibility index (Phi) is 3.47. The molecule has 2 heteroatoms. The fourth-order valence-corrected chi connectivity index (χ4v) is 4.96. The van der Waals surface area contributed by atoms with Crippen molar-refractivity contribution in [3.05, 3.63) is 21.7 Å². The monoisotopic (exact) mass is 320 g/mol. The van der Waals surface area contributed by atoms with Gasteiger partial charge in [0.2, 0.25) is 0 Å². The van der Waals surface area contributed by atoms with E-state index in [1.54, 1.807) is 3.52 Å². The zero-order chi connectivity index (χ0) is 5.82. The van der Waals surface area contributed by atoms with E-state index in [0.717, 1.165) is 0 Å². The molecule has 0 unspecified atom stereocenters. The van der Waals surface area contributed by atoms with Gasteiger partial charge in [0.1, 0.15) is 0 Å². The molecule has 0 saturated carbocycles. The summed E-state index contributed by atoms with van der Waals surface area (Å²) in [5.74, 6) is 0. The molecular weight excluding hydrogens is 316 g/mol. The predicted molar refractivity (Wildman–Crippen MR) is 39.4 cm³/mol. The van der Waals surface area contributed by atoms with Crippen LogP contribution in [0.3, 0.4) is 0 Å². The van der Waals surface area contributed by atoms with Crippen molar-refractivity contribution in [3.8, 4) is 0 Å². The molecule has 0 heterocycles. The van der Waals surface area contributed by atoms with Crippen LogP contribution < -0.4 is 0 Å². The van der Waals surface area contributed by atoms with Crippen LogP contribution in [0.1, 0.15) is 6.42 Å². The Hall–Kier alpha value is 0.986. The van der Waals surface area contributed by atoms with Crippen molar-refractivity contribution in [2.45, 2.75) is 6.42 Å². The molecule has 0 aromatic rings. The van der Waals surface area contributed by atoms with Gasteiger partial charge in [-0.1, -0.05) is 0 Å². The Morgan fingerprint density at radius 3 is 3.12 bits per heavy atom. The second-order valence-corrected chi connectivity index (χ2v) is 8.99. The summed E-state index contributed by atoms with van der Waals surface area (Å²) in [6.45, 7) is 0. The van der Waals surface area contributed by atoms with Gasteiger partial charge in [-0.25, -0.2) is 0 Å². The fraction of sp³-hybridized carbons (Fsp3) is 0.167. The van der Waals surface area contributed by atoms with Gasteiger partial charge >= 0.3 is 74.2 Å². The topological polar surface area (TPSA) is 0 Å². The summed E-state index contributed by atoms with van der Waals surface area (Å²) in [4.78, 5) is 0. The first-order valence-corrected chi connectivity index (χ1v) is 6.68. The van der Waals surface area contributed by atoms with Crippen LogP contribution >= 0.6 is 0 Å². The molecular formula is C6H6Sb2. The third kappa shape index (κ3) is 2.07. The van der Waals surface area contributed by atoms with Crippen LogP contribution in [0.2, 0.25) is 0 Å². The normalized spacial score (nSPS) is 16.2. The van der Waals surface area contributed by atoms with Crippen LogP contribution in [0.4, 0.5) is 0 Å². The zero-order valence-electron chi connectivity index (χ0n) is 4.41. The van der Waals surface area contributed by atoms with Gasteiger partial charge in [0.05, 0.1) is 0 Å². The van der Waals surface area contributed by atoms with Crippen LogP contribution in [0.25, 0.3) is 0 Å². The molecule has 0 atom stereocenters. The van der Waals surface area contributed by atoms with E-state index in [0.29, 0.717) is 0 Å². The average Bonchev–Trinajstić information content (AvgIpc) is 2.19. The van der Waals surface area contributed by atoms with Crippen LogP contribution in [0.5, 0.6) is 0 Å². The molecule has 1 aliphatic rings. The summed E-state index contributed by atoms with van der Waals surface area (Å²) in [5.41, 5.74) is 0. The molecule has 0 nitrogen and oxygen atoms in total. The first-order valence-electron chi connectivity index (χ1n) is 2.46. The van der Waals surface area contributed by atoms with E-state index in [2.05, 4.69) is 20.1 Å². The zero-order valence-corrected chi connectivity index (χ0v) is 9.52. The predicted octanol–water partition coefficient (Wildman–Crippen LogP) is 0.463. The van der Waals surface area contributed by atoms with Crippen molar-refractivity contribution in [1.82, 2.24) is 0 Å². The van der Waals surface area contributed by atoms with Crippen molar-refractivity contribution in [2.75, 3.05) is 0 Å². The molecule has 0 spiro atoms. The Balaban J connectivity index is 2.39. The number of hydrogen-bond acceptors (Lipinski definition) is 0. The minimum absolute atomic E-state index is 0.00694. The molecule has 0 saturated heterocycles. The van der Waals surface area contributed by atoms with E-state index < -0.39 is 0 Å². The van der Waals surface area contributed by atoms with Crippen molar-refractivity contribution in [1.29, 1.82) is 0 Å². The molecule has 0 aromatic carbocycles. The van der Waals surface area contributed by atoms with E-state index in [-0.39, 0.29) is 21.6 Å². The summed E-state index contributed by atoms with van der Waals surface area (Å²) < 4.78 is 4.09. The summed E-state index contributed by atoms with van der Waals surface area (Å²) in [7, 11) is 0. The van der Waals surface area contributed by atoms with E-state index in [1.165, 1.54) is 6.42 Å². The molecule has 1 rings (SSSR count). The number of hydrogen-bond donors (Lipinski definition) is 0. The van der Waals surface area contributed by atoms with E-state index in [1.807, 2.05) is 22.5 Å². The Morgan fingerprint density at radius 1 is 1.75 bits per heavy atom. The maximum absolute atomic E-state index is 2.39. The number of allylic oxidation sites excluding steroid dienone is 4. The van der Waals surface area contributed by atoms with Crippen molar-refractivity contribution >= 4 is 46.1 Å². The molecule has 40 valence electrons. The van der Waals surface area contributed by atoms with Crippen LogP contribution in [-0.4, -0.2) is 46.1 Å². The molecule has 2 radical (unpaired) electrons. The molecule has 0 aromatic heterocycles. The van der Waals surface area contributed by atoms with Gasteiger partial charge in [0.15, 0.2) is 0 Å². The Morgan fingerprint density at radius 2 is 2.62 bits per heavy atom. The fourth-order valence-electron chi connectivity index (χ4n) is 0.606. The summed E-state index contributed by atoms with van der Waals surface area (Å²) in [6.07, 6.45) is 7.92. The second-order valence-electron chi connectivity index (χ2n) is 1.53. The quantitative estimate of drug-likeness (QED) is 0.649. The van der Waals surface area contributed by atoms with Crippen molar-refractivity contribution < 1.29 is 0 Å². The van der Waals surface area contributed by atoms with Gasteiger partial charge in [0.25, 0.3) is 0 Å². The number of rotatable bonds is 2. The molecule has 0 aliphatic heterocycles. The molecule has 8 heavy (non-hydrogen) atoms. The molecule has 0 bridgehead atoms. The first kappa shape index (κ1) is 7.10. The van der Waals surface area contributed by atoms with Gasteiger partial charge in [0, 0.05) is 0 Å². The summed E-state index contributed by atoms with van der Waals surface area (Å²) in [5, 5.41) is 0. The minimum atomic E-state index is 0.00694. The molecule has 0 N–H and O–H groups in total. The van der Waals surface area contributed by atoms with Crippen LogP contribution in [0, 0.1) is 0 Å². The van der Waals surface area contributed by atoms with Gasteiger partial charge in [-0.3, -0.25) is 0 Å². The van der Waals surface area contributed by atoms with Crippen molar-refractivity contribution in [3.63, 3.8) is 0 Å². The van der Waals surface area contributed by atoms with Gasteiger partial charge in [-0.2, -0.15) is 0 Å². The van der Waals surface area contributed by atoms with Crippen molar-refractivity contribution in [2.24, 2.45) is 0 Å². The van der Waals surface area contributed by atoms with Crippen LogP contribution in [0.15, 0.2) is 21.7 Å². The van der Waals surface area contributed by atoms with E-state index in [9.17, 15) is 0 Å². The van der Waals surface area contributed by atoms with Gasteiger partial charge in [-0.15, -0.1) is 0 Å². The maximum atomic E-state index is 2.39. The second kappa shape index (κ2) is 3.91. The third-order valence-electron chi connectivity index (χ3n) is 0.975. The van der Waals surface area contributed by atoms with E-state index in [4.69, 9.17) is 0 Å². The third-order valence-corrected chi connectivity index (χ3v) is 5.41. The summed E-state index contributed by atoms with van der Waals surface area (Å²) >= 11 is 1.86. The van der Waals surface area contributed by atoms with Gasteiger partial charge < -0.3 is 0 Å².